The van der Waals surface area contributed by atoms with E-state index in [0.717, 1.165) is 32.3 Å². The van der Waals surface area contributed by atoms with Gasteiger partial charge >= 0.3 is 0 Å². The monoisotopic (exact) mass is 248 g/mol. The van der Waals surface area contributed by atoms with E-state index in [-0.39, 0.29) is 12.0 Å². The third kappa shape index (κ3) is 3.56. The van der Waals surface area contributed by atoms with Crippen molar-refractivity contribution in [3.05, 3.63) is 35.9 Å². The van der Waals surface area contributed by atoms with Gasteiger partial charge in [0.05, 0.1) is 12.2 Å². The molecule has 0 aliphatic carbocycles. The molecule has 1 heterocycles. The Morgan fingerprint density at radius 2 is 2.11 bits per heavy atom. The van der Waals surface area contributed by atoms with E-state index in [4.69, 9.17) is 4.74 Å². The topological polar surface area (TPSA) is 29.5 Å². The Balaban J connectivity index is 1.87. The van der Waals surface area contributed by atoms with Crippen LogP contribution in [0.15, 0.2) is 30.3 Å². The fourth-order valence-corrected chi connectivity index (χ4v) is 2.86. The molecule has 1 aliphatic rings. The van der Waals surface area contributed by atoms with Crippen LogP contribution in [0.1, 0.15) is 50.5 Å². The molecule has 0 radical (unpaired) electrons. The molecule has 1 aromatic carbocycles. The van der Waals surface area contributed by atoms with Gasteiger partial charge in [0.15, 0.2) is 0 Å². The molecule has 0 amide bonds. The number of aliphatic hydroxyl groups is 1. The SMILES string of the molecule is CCC(c1ccccc1)C(O)CCC1CCCO1. The summed E-state index contributed by atoms with van der Waals surface area (Å²) in [7, 11) is 0. The lowest BCUT2D eigenvalue weighted by molar-refractivity contribution is 0.0722. The van der Waals surface area contributed by atoms with Crippen LogP contribution in [0, 0.1) is 0 Å². The molecule has 1 aromatic rings. The highest BCUT2D eigenvalue weighted by Gasteiger charge is 2.22. The van der Waals surface area contributed by atoms with Crippen molar-refractivity contribution in [3.63, 3.8) is 0 Å². The summed E-state index contributed by atoms with van der Waals surface area (Å²) in [5, 5.41) is 10.4. The van der Waals surface area contributed by atoms with Gasteiger partial charge < -0.3 is 9.84 Å². The molecule has 18 heavy (non-hydrogen) atoms. The van der Waals surface area contributed by atoms with Gasteiger partial charge in [-0.25, -0.2) is 0 Å². The predicted octanol–water partition coefficient (Wildman–Crippen LogP) is 3.50. The number of aliphatic hydroxyl groups excluding tert-OH is 1. The molecule has 3 unspecified atom stereocenters. The van der Waals surface area contributed by atoms with Crippen LogP contribution in [0.5, 0.6) is 0 Å². The highest BCUT2D eigenvalue weighted by Crippen LogP contribution is 2.27. The quantitative estimate of drug-likeness (QED) is 0.835. The molecule has 0 bridgehead atoms. The number of benzene rings is 1. The lowest BCUT2D eigenvalue weighted by atomic mass is 9.88. The molecule has 100 valence electrons. The highest BCUT2D eigenvalue weighted by molar-refractivity contribution is 5.20. The summed E-state index contributed by atoms with van der Waals surface area (Å²) in [5.74, 6) is 0.257. The van der Waals surface area contributed by atoms with Gasteiger partial charge in [-0.2, -0.15) is 0 Å². The van der Waals surface area contributed by atoms with E-state index in [1.807, 2.05) is 18.2 Å². The van der Waals surface area contributed by atoms with Crippen molar-refractivity contribution in [1.29, 1.82) is 0 Å². The Morgan fingerprint density at radius 3 is 2.72 bits per heavy atom. The molecule has 2 heteroatoms. The lowest BCUT2D eigenvalue weighted by Gasteiger charge is -2.23. The van der Waals surface area contributed by atoms with Crippen molar-refractivity contribution in [2.75, 3.05) is 6.61 Å². The third-order valence-electron chi connectivity index (χ3n) is 3.94. The van der Waals surface area contributed by atoms with Gasteiger partial charge in [0.2, 0.25) is 0 Å². The molecule has 0 saturated carbocycles. The Kier molecular flexibility index (Phi) is 5.21. The fraction of sp³-hybridized carbons (Fsp3) is 0.625. The molecule has 0 spiro atoms. The third-order valence-corrected chi connectivity index (χ3v) is 3.94. The van der Waals surface area contributed by atoms with Crippen molar-refractivity contribution in [2.45, 2.75) is 57.2 Å². The smallest absolute Gasteiger partial charge is 0.0609 e. The number of hydrogen-bond acceptors (Lipinski definition) is 2. The standard InChI is InChI=1S/C16H24O2/c1-2-15(13-7-4-3-5-8-13)16(17)11-10-14-9-6-12-18-14/h3-5,7-8,14-17H,2,6,9-12H2,1H3. The normalized spacial score (nSPS) is 22.9. The van der Waals surface area contributed by atoms with E-state index in [1.165, 1.54) is 12.0 Å². The van der Waals surface area contributed by atoms with Crippen molar-refractivity contribution < 1.29 is 9.84 Å². The van der Waals surface area contributed by atoms with E-state index < -0.39 is 0 Å². The molecular weight excluding hydrogens is 224 g/mol. The number of ether oxygens (including phenoxy) is 1. The summed E-state index contributed by atoms with van der Waals surface area (Å²) in [4.78, 5) is 0. The van der Waals surface area contributed by atoms with E-state index in [0.29, 0.717) is 6.10 Å². The summed E-state index contributed by atoms with van der Waals surface area (Å²) in [6.45, 7) is 3.05. The Hall–Kier alpha value is -0.860. The molecular formula is C16H24O2. The second kappa shape index (κ2) is 6.91. The van der Waals surface area contributed by atoms with E-state index >= 15 is 0 Å². The first kappa shape index (κ1) is 13.6. The van der Waals surface area contributed by atoms with Gasteiger partial charge in [-0.3, -0.25) is 0 Å². The summed E-state index contributed by atoms with van der Waals surface area (Å²) >= 11 is 0. The van der Waals surface area contributed by atoms with Gasteiger partial charge in [-0.1, -0.05) is 37.3 Å². The zero-order chi connectivity index (χ0) is 12.8. The van der Waals surface area contributed by atoms with Crippen molar-refractivity contribution in [1.82, 2.24) is 0 Å². The molecule has 0 aromatic heterocycles. The van der Waals surface area contributed by atoms with E-state index in [9.17, 15) is 5.11 Å². The second-order valence-electron chi connectivity index (χ2n) is 5.21. The molecule has 2 rings (SSSR count). The molecule has 1 aliphatic heterocycles. The van der Waals surface area contributed by atoms with Crippen LogP contribution in [-0.2, 0) is 4.74 Å². The van der Waals surface area contributed by atoms with Crippen LogP contribution in [0.2, 0.25) is 0 Å². The molecule has 3 atom stereocenters. The average Bonchev–Trinajstić information content (AvgIpc) is 2.92. The minimum atomic E-state index is -0.249. The fourth-order valence-electron chi connectivity index (χ4n) is 2.86. The van der Waals surface area contributed by atoms with Gasteiger partial charge in [-0.15, -0.1) is 0 Å². The number of rotatable bonds is 6. The van der Waals surface area contributed by atoms with E-state index in [1.54, 1.807) is 0 Å². The summed E-state index contributed by atoms with van der Waals surface area (Å²) in [6.07, 6.45) is 5.29. The van der Waals surface area contributed by atoms with Gasteiger partial charge in [0.1, 0.15) is 0 Å². The van der Waals surface area contributed by atoms with Crippen LogP contribution in [-0.4, -0.2) is 23.9 Å². The largest absolute Gasteiger partial charge is 0.392 e. The zero-order valence-corrected chi connectivity index (χ0v) is 11.2. The van der Waals surface area contributed by atoms with Crippen LogP contribution >= 0.6 is 0 Å². The zero-order valence-electron chi connectivity index (χ0n) is 11.2. The van der Waals surface area contributed by atoms with Crippen LogP contribution in [0.25, 0.3) is 0 Å². The predicted molar refractivity (Wildman–Crippen MR) is 73.7 cm³/mol. The molecule has 2 nitrogen and oxygen atoms in total. The van der Waals surface area contributed by atoms with Crippen molar-refractivity contribution >= 4 is 0 Å². The second-order valence-corrected chi connectivity index (χ2v) is 5.21. The highest BCUT2D eigenvalue weighted by atomic mass is 16.5. The summed E-state index contributed by atoms with van der Waals surface area (Å²) < 4.78 is 5.61. The van der Waals surface area contributed by atoms with Crippen molar-refractivity contribution in [3.8, 4) is 0 Å². The van der Waals surface area contributed by atoms with Gasteiger partial charge in [0, 0.05) is 12.5 Å². The van der Waals surface area contributed by atoms with Crippen LogP contribution in [0.4, 0.5) is 0 Å². The van der Waals surface area contributed by atoms with Crippen LogP contribution < -0.4 is 0 Å². The minimum Gasteiger partial charge on any atom is -0.392 e. The number of hydrogen-bond donors (Lipinski definition) is 1. The minimum absolute atomic E-state index is 0.249. The molecule has 1 fully saturated rings. The lowest BCUT2D eigenvalue weighted by Crippen LogP contribution is -2.20. The Morgan fingerprint density at radius 1 is 1.33 bits per heavy atom. The summed E-state index contributed by atoms with van der Waals surface area (Å²) in [5.41, 5.74) is 1.25. The maximum absolute atomic E-state index is 10.4. The molecule has 1 N–H and O–H groups in total. The van der Waals surface area contributed by atoms with Crippen LogP contribution in [0.3, 0.4) is 0 Å². The maximum atomic E-state index is 10.4. The Labute approximate surface area is 110 Å². The first-order valence-corrected chi connectivity index (χ1v) is 7.16. The van der Waals surface area contributed by atoms with Crippen molar-refractivity contribution in [2.24, 2.45) is 0 Å². The summed E-state index contributed by atoms with van der Waals surface area (Å²) in [6, 6.07) is 10.3. The first-order valence-electron chi connectivity index (χ1n) is 7.16. The van der Waals surface area contributed by atoms with E-state index in [2.05, 4.69) is 19.1 Å². The molecule has 1 saturated heterocycles. The van der Waals surface area contributed by atoms with Gasteiger partial charge in [0.25, 0.3) is 0 Å². The first-order chi connectivity index (χ1) is 8.81. The average molecular weight is 248 g/mol. The van der Waals surface area contributed by atoms with Gasteiger partial charge in [-0.05, 0) is 37.7 Å². The Bertz CT molecular complexity index is 330. The maximum Gasteiger partial charge on any atom is 0.0609 e.